The number of likely N-dealkylation sites (N-methyl/N-ethyl adjacent to an activating group) is 1. The highest BCUT2D eigenvalue weighted by Gasteiger charge is 2.15. The first-order valence-electron chi connectivity index (χ1n) is 6.66. The van der Waals surface area contributed by atoms with Crippen molar-refractivity contribution < 1.29 is 0 Å². The van der Waals surface area contributed by atoms with Gasteiger partial charge in [0, 0.05) is 44.3 Å². The molecule has 0 fully saturated rings. The standard InChI is InChI=1S/C13H24N4/c1-4-11(2)16(3)7-8-17-10-15-12-9-14-6-5-13(12)17/h10-11,14H,4-9H2,1-3H3. The van der Waals surface area contributed by atoms with Gasteiger partial charge in [0.05, 0.1) is 12.0 Å². The lowest BCUT2D eigenvalue weighted by Gasteiger charge is -2.24. The first-order chi connectivity index (χ1) is 8.22. The van der Waals surface area contributed by atoms with Crippen LogP contribution in [0.4, 0.5) is 0 Å². The van der Waals surface area contributed by atoms with E-state index < -0.39 is 0 Å². The molecule has 96 valence electrons. The molecule has 0 saturated heterocycles. The van der Waals surface area contributed by atoms with Crippen molar-refractivity contribution in [3.05, 3.63) is 17.7 Å². The van der Waals surface area contributed by atoms with Gasteiger partial charge in [0.2, 0.25) is 0 Å². The van der Waals surface area contributed by atoms with Crippen LogP contribution in [0.2, 0.25) is 0 Å². The maximum atomic E-state index is 4.48. The Labute approximate surface area is 104 Å². The minimum Gasteiger partial charge on any atom is -0.333 e. The maximum Gasteiger partial charge on any atom is 0.0952 e. The second-order valence-electron chi connectivity index (χ2n) is 5.00. The van der Waals surface area contributed by atoms with Crippen molar-refractivity contribution in [1.82, 2.24) is 19.8 Å². The molecule has 0 aromatic carbocycles. The molecule has 1 aliphatic heterocycles. The summed E-state index contributed by atoms with van der Waals surface area (Å²) in [6.45, 7) is 8.71. The summed E-state index contributed by atoms with van der Waals surface area (Å²) in [5.74, 6) is 0. The third-order valence-electron chi connectivity index (χ3n) is 3.90. The van der Waals surface area contributed by atoms with Crippen LogP contribution in [0, 0.1) is 0 Å². The average molecular weight is 236 g/mol. The summed E-state index contributed by atoms with van der Waals surface area (Å²) >= 11 is 0. The van der Waals surface area contributed by atoms with Gasteiger partial charge < -0.3 is 14.8 Å². The minimum absolute atomic E-state index is 0.663. The molecule has 1 aromatic heterocycles. The van der Waals surface area contributed by atoms with Gasteiger partial charge in [0.25, 0.3) is 0 Å². The van der Waals surface area contributed by atoms with E-state index in [2.05, 4.69) is 40.7 Å². The van der Waals surface area contributed by atoms with Crippen molar-refractivity contribution in [2.24, 2.45) is 0 Å². The summed E-state index contributed by atoms with van der Waals surface area (Å²) in [6, 6.07) is 0.663. The monoisotopic (exact) mass is 236 g/mol. The van der Waals surface area contributed by atoms with Crippen LogP contribution >= 0.6 is 0 Å². The average Bonchev–Trinajstić information content (AvgIpc) is 2.78. The smallest absolute Gasteiger partial charge is 0.0952 e. The lowest BCUT2D eigenvalue weighted by atomic mass is 10.2. The van der Waals surface area contributed by atoms with Gasteiger partial charge in [0.15, 0.2) is 0 Å². The Morgan fingerprint density at radius 1 is 1.59 bits per heavy atom. The second kappa shape index (κ2) is 5.65. The molecule has 2 heterocycles. The van der Waals surface area contributed by atoms with Crippen molar-refractivity contribution in [1.29, 1.82) is 0 Å². The summed E-state index contributed by atoms with van der Waals surface area (Å²) in [7, 11) is 2.21. The molecule has 1 N–H and O–H groups in total. The Balaban J connectivity index is 1.93. The highest BCUT2D eigenvalue weighted by molar-refractivity contribution is 5.16. The molecular formula is C13H24N4. The SMILES string of the molecule is CCC(C)N(C)CCn1cnc2c1CCNC2. The van der Waals surface area contributed by atoms with Crippen LogP contribution in [-0.4, -0.2) is 40.6 Å². The predicted molar refractivity (Wildman–Crippen MR) is 70.0 cm³/mol. The molecule has 0 radical (unpaired) electrons. The van der Waals surface area contributed by atoms with Gasteiger partial charge in [-0.3, -0.25) is 0 Å². The van der Waals surface area contributed by atoms with Crippen LogP contribution in [0.5, 0.6) is 0 Å². The molecule has 1 aromatic rings. The van der Waals surface area contributed by atoms with Gasteiger partial charge >= 0.3 is 0 Å². The van der Waals surface area contributed by atoms with Crippen LogP contribution in [0.25, 0.3) is 0 Å². The number of rotatable bonds is 5. The summed E-state index contributed by atoms with van der Waals surface area (Å²) in [6.07, 6.45) is 4.33. The van der Waals surface area contributed by atoms with Crippen molar-refractivity contribution >= 4 is 0 Å². The van der Waals surface area contributed by atoms with E-state index in [1.807, 2.05) is 6.33 Å². The Hall–Kier alpha value is -0.870. The van der Waals surface area contributed by atoms with Crippen molar-refractivity contribution in [2.75, 3.05) is 20.1 Å². The van der Waals surface area contributed by atoms with E-state index in [0.717, 1.165) is 32.6 Å². The van der Waals surface area contributed by atoms with Crippen molar-refractivity contribution in [2.45, 2.75) is 45.8 Å². The molecule has 0 aliphatic carbocycles. The van der Waals surface area contributed by atoms with Gasteiger partial charge in [-0.05, 0) is 20.4 Å². The number of nitrogens with one attached hydrogen (secondary N) is 1. The molecule has 1 unspecified atom stereocenters. The molecular weight excluding hydrogens is 212 g/mol. The lowest BCUT2D eigenvalue weighted by Crippen LogP contribution is -2.32. The number of nitrogens with zero attached hydrogens (tertiary/aromatic N) is 3. The first kappa shape index (κ1) is 12.6. The third kappa shape index (κ3) is 2.87. The second-order valence-corrected chi connectivity index (χ2v) is 5.00. The van der Waals surface area contributed by atoms with Gasteiger partial charge in [-0.1, -0.05) is 6.92 Å². The van der Waals surface area contributed by atoms with Gasteiger partial charge in [-0.15, -0.1) is 0 Å². The number of imidazole rings is 1. The Morgan fingerprint density at radius 3 is 3.18 bits per heavy atom. The van der Waals surface area contributed by atoms with Crippen LogP contribution in [0.1, 0.15) is 31.7 Å². The molecule has 1 atom stereocenters. The van der Waals surface area contributed by atoms with E-state index in [1.165, 1.54) is 17.8 Å². The molecule has 4 heteroatoms. The molecule has 0 spiro atoms. The molecule has 1 aliphatic rings. The van der Waals surface area contributed by atoms with E-state index >= 15 is 0 Å². The summed E-state index contributed by atoms with van der Waals surface area (Å²) in [5.41, 5.74) is 2.67. The number of aromatic nitrogens is 2. The highest BCUT2D eigenvalue weighted by Crippen LogP contribution is 2.12. The zero-order valence-electron chi connectivity index (χ0n) is 11.2. The van der Waals surface area contributed by atoms with Crippen molar-refractivity contribution in [3.8, 4) is 0 Å². The van der Waals surface area contributed by atoms with Crippen LogP contribution in [-0.2, 0) is 19.5 Å². The highest BCUT2D eigenvalue weighted by atomic mass is 15.2. The zero-order valence-corrected chi connectivity index (χ0v) is 11.2. The Kier molecular flexibility index (Phi) is 4.18. The maximum absolute atomic E-state index is 4.48. The number of hydrogen-bond donors (Lipinski definition) is 1. The minimum atomic E-state index is 0.663. The van der Waals surface area contributed by atoms with E-state index in [-0.39, 0.29) is 0 Å². The van der Waals surface area contributed by atoms with E-state index in [4.69, 9.17) is 0 Å². The third-order valence-corrected chi connectivity index (χ3v) is 3.90. The van der Waals surface area contributed by atoms with Crippen LogP contribution in [0.3, 0.4) is 0 Å². The topological polar surface area (TPSA) is 33.1 Å². The molecule has 0 saturated carbocycles. The fourth-order valence-corrected chi connectivity index (χ4v) is 2.29. The van der Waals surface area contributed by atoms with Crippen LogP contribution < -0.4 is 5.32 Å². The summed E-state index contributed by atoms with van der Waals surface area (Å²) in [5, 5.41) is 3.36. The summed E-state index contributed by atoms with van der Waals surface area (Å²) in [4.78, 5) is 6.91. The Morgan fingerprint density at radius 2 is 2.41 bits per heavy atom. The molecule has 4 nitrogen and oxygen atoms in total. The van der Waals surface area contributed by atoms with E-state index in [1.54, 1.807) is 0 Å². The summed E-state index contributed by atoms with van der Waals surface area (Å²) < 4.78 is 2.33. The quantitative estimate of drug-likeness (QED) is 0.835. The largest absolute Gasteiger partial charge is 0.333 e. The van der Waals surface area contributed by atoms with Crippen LogP contribution in [0.15, 0.2) is 6.33 Å². The van der Waals surface area contributed by atoms with Gasteiger partial charge in [-0.25, -0.2) is 4.98 Å². The molecule has 0 bridgehead atoms. The fraction of sp³-hybridized carbons (Fsp3) is 0.769. The predicted octanol–water partition coefficient (Wildman–Crippen LogP) is 1.26. The Bertz CT molecular complexity index is 358. The molecule has 0 amide bonds. The number of hydrogen-bond acceptors (Lipinski definition) is 3. The zero-order chi connectivity index (χ0) is 12.3. The molecule has 17 heavy (non-hydrogen) atoms. The fourth-order valence-electron chi connectivity index (χ4n) is 2.29. The van der Waals surface area contributed by atoms with Crippen molar-refractivity contribution in [3.63, 3.8) is 0 Å². The van der Waals surface area contributed by atoms with E-state index in [9.17, 15) is 0 Å². The van der Waals surface area contributed by atoms with Gasteiger partial charge in [0.1, 0.15) is 0 Å². The number of fused-ring (bicyclic) bond motifs is 1. The lowest BCUT2D eigenvalue weighted by molar-refractivity contribution is 0.241. The van der Waals surface area contributed by atoms with E-state index in [0.29, 0.717) is 6.04 Å². The molecule has 2 rings (SSSR count). The van der Waals surface area contributed by atoms with Gasteiger partial charge in [-0.2, -0.15) is 0 Å². The first-order valence-corrected chi connectivity index (χ1v) is 6.66. The normalized spacial score (nSPS) is 17.2.